The fourth-order valence-electron chi connectivity index (χ4n) is 2.68. The summed E-state index contributed by atoms with van der Waals surface area (Å²) in [5.74, 6) is -0.561. The van der Waals surface area contributed by atoms with Crippen molar-refractivity contribution >= 4 is 5.97 Å². The van der Waals surface area contributed by atoms with Gasteiger partial charge in [-0.25, -0.2) is 4.79 Å². The summed E-state index contributed by atoms with van der Waals surface area (Å²) < 4.78 is 1.57. The van der Waals surface area contributed by atoms with Crippen molar-refractivity contribution in [2.24, 2.45) is 7.05 Å². The molecule has 0 spiro atoms. The zero-order chi connectivity index (χ0) is 18.4. The quantitative estimate of drug-likeness (QED) is 0.849. The number of carboxylic acids is 1. The summed E-state index contributed by atoms with van der Waals surface area (Å²) in [5, 5.41) is 18.9. The van der Waals surface area contributed by atoms with Crippen molar-refractivity contribution in [1.82, 2.24) is 4.57 Å². The van der Waals surface area contributed by atoms with E-state index in [0.29, 0.717) is 22.7 Å². The van der Waals surface area contributed by atoms with Crippen molar-refractivity contribution in [2.45, 2.75) is 47.0 Å². The molecule has 0 saturated heterocycles. The van der Waals surface area contributed by atoms with Gasteiger partial charge in [0, 0.05) is 18.3 Å². The summed E-state index contributed by atoms with van der Waals surface area (Å²) in [6, 6.07) is 9.98. The van der Waals surface area contributed by atoms with Crippen LogP contribution in [0.5, 0.6) is 0 Å². The highest BCUT2D eigenvalue weighted by atomic mass is 16.4. The van der Waals surface area contributed by atoms with Crippen LogP contribution in [-0.4, -0.2) is 15.6 Å². The van der Waals surface area contributed by atoms with E-state index in [0.717, 1.165) is 12.0 Å². The summed E-state index contributed by atoms with van der Waals surface area (Å²) in [6.07, 6.45) is 1.05. The Morgan fingerprint density at radius 1 is 1.29 bits per heavy atom. The molecule has 0 aliphatic rings. The minimum absolute atomic E-state index is 0.158. The maximum atomic E-state index is 11.6. The maximum absolute atomic E-state index is 11.6. The third-order valence-corrected chi connectivity index (χ3v) is 4.38. The summed E-state index contributed by atoms with van der Waals surface area (Å²) >= 11 is 0. The Morgan fingerprint density at radius 2 is 1.83 bits per heavy atom. The van der Waals surface area contributed by atoms with Crippen LogP contribution >= 0.6 is 0 Å². The maximum Gasteiger partial charge on any atom is 0.353 e. The topological polar surface area (TPSA) is 66.0 Å². The Balaban J connectivity index is 0.00000139. The van der Waals surface area contributed by atoms with Gasteiger partial charge in [-0.3, -0.25) is 0 Å². The van der Waals surface area contributed by atoms with Gasteiger partial charge in [-0.05, 0) is 30.4 Å². The molecule has 2 aromatic rings. The summed E-state index contributed by atoms with van der Waals surface area (Å²) in [7, 11) is 1.68. The molecule has 0 amide bonds. The second-order valence-corrected chi connectivity index (χ2v) is 5.59. The van der Waals surface area contributed by atoms with E-state index in [1.54, 1.807) is 18.5 Å². The van der Waals surface area contributed by atoms with E-state index in [-0.39, 0.29) is 5.69 Å². The van der Waals surface area contributed by atoms with Crippen molar-refractivity contribution in [3.05, 3.63) is 46.8 Å². The number of benzene rings is 1. The molecular weight excluding hydrogens is 300 g/mol. The Bertz CT molecular complexity index is 749. The molecule has 2 rings (SSSR count). The lowest BCUT2D eigenvalue weighted by atomic mass is 9.94. The number of rotatable bonds is 4. The number of hydrogen-bond acceptors (Lipinski definition) is 2. The lowest BCUT2D eigenvalue weighted by Gasteiger charge is -2.10. The number of nitriles is 1. The van der Waals surface area contributed by atoms with Crippen molar-refractivity contribution in [2.75, 3.05) is 0 Å². The third-order valence-electron chi connectivity index (χ3n) is 4.38. The summed E-state index contributed by atoms with van der Waals surface area (Å²) in [6.45, 7) is 10.1. The zero-order valence-electron chi connectivity index (χ0n) is 15.3. The fourth-order valence-corrected chi connectivity index (χ4v) is 2.68. The molecule has 1 unspecified atom stereocenters. The molecule has 24 heavy (non-hydrogen) atoms. The Labute approximate surface area is 144 Å². The predicted molar refractivity (Wildman–Crippen MR) is 97.3 cm³/mol. The van der Waals surface area contributed by atoms with Gasteiger partial charge in [0.15, 0.2) is 0 Å². The van der Waals surface area contributed by atoms with E-state index in [1.807, 2.05) is 38.1 Å². The smallest absolute Gasteiger partial charge is 0.353 e. The van der Waals surface area contributed by atoms with Gasteiger partial charge in [-0.1, -0.05) is 52.0 Å². The van der Waals surface area contributed by atoms with Crippen LogP contribution in [0.1, 0.15) is 67.3 Å². The molecule has 0 bridgehead atoms. The highest BCUT2D eigenvalue weighted by molar-refractivity contribution is 5.97. The van der Waals surface area contributed by atoms with Gasteiger partial charge in [0.25, 0.3) is 0 Å². The van der Waals surface area contributed by atoms with Gasteiger partial charge in [0.05, 0.1) is 5.56 Å². The van der Waals surface area contributed by atoms with Crippen molar-refractivity contribution in [1.29, 1.82) is 5.26 Å². The lowest BCUT2D eigenvalue weighted by molar-refractivity contribution is 0.0687. The van der Waals surface area contributed by atoms with Crippen molar-refractivity contribution in [3.8, 4) is 17.2 Å². The number of nitrogens with zero attached hydrogens (tertiary/aromatic N) is 2. The number of hydrogen-bond donors (Lipinski definition) is 1. The van der Waals surface area contributed by atoms with E-state index in [2.05, 4.69) is 19.9 Å². The van der Waals surface area contributed by atoms with Gasteiger partial charge in [0.1, 0.15) is 11.8 Å². The van der Waals surface area contributed by atoms with Crippen LogP contribution in [0, 0.1) is 18.3 Å². The largest absolute Gasteiger partial charge is 0.477 e. The molecule has 1 aromatic heterocycles. The van der Waals surface area contributed by atoms with Gasteiger partial charge in [-0.2, -0.15) is 5.26 Å². The average molecular weight is 326 g/mol. The number of carbonyl (C=O) groups is 1. The van der Waals surface area contributed by atoms with Crippen molar-refractivity contribution < 1.29 is 9.90 Å². The first-order valence-corrected chi connectivity index (χ1v) is 8.35. The van der Waals surface area contributed by atoms with Gasteiger partial charge < -0.3 is 9.67 Å². The van der Waals surface area contributed by atoms with E-state index in [9.17, 15) is 15.2 Å². The molecule has 1 aromatic carbocycles. The molecule has 1 N–H and O–H groups in total. The van der Waals surface area contributed by atoms with Gasteiger partial charge in [0.2, 0.25) is 0 Å². The Kier molecular flexibility index (Phi) is 6.79. The molecule has 0 saturated carbocycles. The first-order valence-electron chi connectivity index (χ1n) is 8.35. The first kappa shape index (κ1) is 19.5. The van der Waals surface area contributed by atoms with Crippen LogP contribution in [0.25, 0.3) is 11.1 Å². The molecule has 128 valence electrons. The average Bonchev–Trinajstić information content (AvgIpc) is 2.87. The van der Waals surface area contributed by atoms with Crippen LogP contribution in [0.15, 0.2) is 24.3 Å². The minimum Gasteiger partial charge on any atom is -0.477 e. The Morgan fingerprint density at radius 3 is 2.25 bits per heavy atom. The predicted octanol–water partition coefficient (Wildman–Crippen LogP) is 5.11. The number of carboxylic acid groups (broad SMARTS) is 1. The SMILES string of the molecule is CC.CCC(C)c1ccc(-c2c(C#N)c(C)n(C)c2C(=O)O)cc1. The summed E-state index contributed by atoms with van der Waals surface area (Å²) in [4.78, 5) is 11.6. The highest BCUT2D eigenvalue weighted by Crippen LogP contribution is 2.33. The molecule has 0 fully saturated rings. The van der Waals surface area contributed by atoms with Crippen LogP contribution < -0.4 is 0 Å². The van der Waals surface area contributed by atoms with E-state index >= 15 is 0 Å². The lowest BCUT2D eigenvalue weighted by Crippen LogP contribution is -2.06. The van der Waals surface area contributed by atoms with Gasteiger partial charge >= 0.3 is 5.97 Å². The standard InChI is InChI=1S/C18H20N2O2.C2H6/c1-5-11(2)13-6-8-14(9-7-13)16-15(10-19)12(3)20(4)17(16)18(21)22;1-2/h6-9,11H,5H2,1-4H3,(H,21,22);1-2H3. The van der Waals surface area contributed by atoms with Crippen LogP contribution in [0.3, 0.4) is 0 Å². The van der Waals surface area contributed by atoms with Crippen LogP contribution in [0.4, 0.5) is 0 Å². The van der Waals surface area contributed by atoms with Crippen LogP contribution in [0.2, 0.25) is 0 Å². The number of aromatic nitrogens is 1. The van der Waals surface area contributed by atoms with Crippen molar-refractivity contribution in [3.63, 3.8) is 0 Å². The van der Waals surface area contributed by atoms with E-state index in [1.165, 1.54) is 5.56 Å². The van der Waals surface area contributed by atoms with E-state index < -0.39 is 5.97 Å². The third kappa shape index (κ3) is 3.51. The van der Waals surface area contributed by atoms with Crippen LogP contribution in [-0.2, 0) is 7.05 Å². The second-order valence-electron chi connectivity index (χ2n) is 5.59. The molecule has 4 nitrogen and oxygen atoms in total. The molecule has 4 heteroatoms. The normalized spacial score (nSPS) is 11.2. The minimum atomic E-state index is -1.02. The Hall–Kier alpha value is -2.54. The molecule has 1 heterocycles. The highest BCUT2D eigenvalue weighted by Gasteiger charge is 2.24. The monoisotopic (exact) mass is 326 g/mol. The fraction of sp³-hybridized carbons (Fsp3) is 0.400. The van der Waals surface area contributed by atoms with Gasteiger partial charge in [-0.15, -0.1) is 0 Å². The first-order chi connectivity index (χ1) is 11.4. The van der Waals surface area contributed by atoms with E-state index in [4.69, 9.17) is 0 Å². The molecular formula is C20H26N2O2. The summed E-state index contributed by atoms with van der Waals surface area (Å²) in [5.41, 5.74) is 3.74. The molecule has 1 atom stereocenters. The molecule has 0 radical (unpaired) electrons. The second kappa shape index (κ2) is 8.35. The molecule has 0 aliphatic carbocycles. The molecule has 0 aliphatic heterocycles. The zero-order valence-corrected chi connectivity index (χ0v) is 15.3. The number of aromatic carboxylic acids is 1.